The summed E-state index contributed by atoms with van der Waals surface area (Å²) in [6, 6.07) is 5.68. The first-order valence-electron chi connectivity index (χ1n) is 6.12. The average Bonchev–Trinajstić information content (AvgIpc) is 2.43. The van der Waals surface area contributed by atoms with Gasteiger partial charge in [-0.25, -0.2) is 0 Å². The van der Waals surface area contributed by atoms with Crippen LogP contribution in [0.4, 0.5) is 0 Å². The molecule has 110 valence electrons. The summed E-state index contributed by atoms with van der Waals surface area (Å²) in [5, 5.41) is 10.5. The first-order valence-corrected chi connectivity index (χ1v) is 6.53. The number of thiocarbonyl (C=S) groups is 1. The summed E-state index contributed by atoms with van der Waals surface area (Å²) in [6.45, 7) is 0.627. The molecule has 5 nitrogen and oxygen atoms in total. The van der Waals surface area contributed by atoms with Crippen molar-refractivity contribution in [2.75, 3.05) is 27.8 Å². The molecule has 0 aliphatic carbocycles. The Labute approximate surface area is 124 Å². The number of benzene rings is 1. The predicted molar refractivity (Wildman–Crippen MR) is 78.1 cm³/mol. The molecule has 0 heterocycles. The Balaban J connectivity index is 2.61. The van der Waals surface area contributed by atoms with E-state index >= 15 is 0 Å². The third-order valence-corrected chi connectivity index (χ3v) is 3.36. The van der Waals surface area contributed by atoms with E-state index in [1.807, 2.05) is 18.2 Å². The minimum atomic E-state index is -1.16. The van der Waals surface area contributed by atoms with E-state index in [2.05, 4.69) is 0 Å². The summed E-state index contributed by atoms with van der Waals surface area (Å²) in [5.41, 5.74) is 1.06. The fraction of sp³-hybridized carbons (Fsp3) is 0.429. The van der Waals surface area contributed by atoms with Crippen molar-refractivity contribution in [1.82, 2.24) is 4.90 Å². The third-order valence-electron chi connectivity index (χ3n) is 2.91. The van der Waals surface area contributed by atoms with Crippen molar-refractivity contribution in [3.05, 3.63) is 23.8 Å². The Morgan fingerprint density at radius 1 is 1.30 bits per heavy atom. The number of carbonyl (C=O) groups excluding carboxylic acids is 1. The molecule has 6 heteroatoms. The average molecular weight is 296 g/mol. The van der Waals surface area contributed by atoms with Crippen LogP contribution in [0.25, 0.3) is 0 Å². The number of rotatable bonds is 7. The summed E-state index contributed by atoms with van der Waals surface area (Å²) in [7, 11) is 4.94. The van der Waals surface area contributed by atoms with E-state index in [1.165, 1.54) is 0 Å². The van der Waals surface area contributed by atoms with Crippen LogP contribution in [0.1, 0.15) is 12.0 Å². The van der Waals surface area contributed by atoms with E-state index in [4.69, 9.17) is 21.7 Å². The minimum absolute atomic E-state index is 0.224. The molecule has 0 spiro atoms. The molecule has 0 bridgehead atoms. The molecule has 0 amide bonds. The lowest BCUT2D eigenvalue weighted by Crippen LogP contribution is -2.33. The zero-order valence-corrected chi connectivity index (χ0v) is 12.7. The molecular weight excluding hydrogens is 278 g/mol. The Morgan fingerprint density at radius 3 is 2.50 bits per heavy atom. The second kappa shape index (κ2) is 7.69. The maximum Gasteiger partial charge on any atom is 0.160 e. The van der Waals surface area contributed by atoms with Crippen molar-refractivity contribution in [1.29, 1.82) is 0 Å². The van der Waals surface area contributed by atoms with E-state index in [-0.39, 0.29) is 6.42 Å². The number of hydrogen-bond acceptors (Lipinski definition) is 5. The van der Waals surface area contributed by atoms with Crippen LogP contribution in [-0.2, 0) is 11.2 Å². The van der Waals surface area contributed by atoms with E-state index in [9.17, 15) is 9.90 Å². The number of aliphatic carboxylic acids is 1. The molecule has 1 aromatic carbocycles. The molecule has 0 unspecified atom stereocenters. The van der Waals surface area contributed by atoms with Gasteiger partial charge in [0.2, 0.25) is 0 Å². The number of methoxy groups -OCH3 is 2. The van der Waals surface area contributed by atoms with Gasteiger partial charge in [0.25, 0.3) is 0 Å². The highest BCUT2D eigenvalue weighted by Crippen LogP contribution is 2.27. The lowest BCUT2D eigenvalue weighted by Gasteiger charge is -2.20. The molecular formula is C14H18NO4S-. The lowest BCUT2D eigenvalue weighted by atomic mass is 10.1. The highest BCUT2D eigenvalue weighted by Gasteiger charge is 2.07. The third kappa shape index (κ3) is 4.70. The second-order valence-corrected chi connectivity index (χ2v) is 4.77. The number of likely N-dealkylation sites (N-methyl/N-ethyl adjacent to an activating group) is 1. The smallest absolute Gasteiger partial charge is 0.160 e. The van der Waals surface area contributed by atoms with Gasteiger partial charge in [-0.2, -0.15) is 0 Å². The fourth-order valence-electron chi connectivity index (χ4n) is 1.72. The minimum Gasteiger partial charge on any atom is -0.550 e. The van der Waals surface area contributed by atoms with Gasteiger partial charge in [0.15, 0.2) is 11.5 Å². The molecule has 0 saturated carbocycles. The molecule has 20 heavy (non-hydrogen) atoms. The zero-order valence-electron chi connectivity index (χ0n) is 11.8. The molecule has 0 N–H and O–H groups in total. The van der Waals surface area contributed by atoms with Gasteiger partial charge in [0.05, 0.1) is 19.2 Å². The summed E-state index contributed by atoms with van der Waals surface area (Å²) >= 11 is 5.02. The Bertz CT molecular complexity index is 490. The van der Waals surface area contributed by atoms with Gasteiger partial charge < -0.3 is 24.3 Å². The standard InChI is InChI=1S/C14H19NO4S/c1-15(13(20)9-14(16)17)7-6-10-4-5-11(18-2)12(8-10)19-3/h4-5,8H,6-7,9H2,1-3H3,(H,16,17)/p-1. The Morgan fingerprint density at radius 2 is 1.95 bits per heavy atom. The largest absolute Gasteiger partial charge is 0.550 e. The summed E-state index contributed by atoms with van der Waals surface area (Å²) in [6.07, 6.45) is 0.502. The van der Waals surface area contributed by atoms with Crippen molar-refractivity contribution in [2.45, 2.75) is 12.8 Å². The number of carbonyl (C=O) groups is 1. The van der Waals surface area contributed by atoms with Gasteiger partial charge in [-0.05, 0) is 24.1 Å². The molecule has 0 atom stereocenters. The SMILES string of the molecule is COc1ccc(CCN(C)C(=S)CC(=O)[O-])cc1OC. The normalized spacial score (nSPS) is 9.95. The first-order chi connectivity index (χ1) is 9.47. The van der Waals surface area contributed by atoms with Gasteiger partial charge >= 0.3 is 0 Å². The Hall–Kier alpha value is -1.82. The lowest BCUT2D eigenvalue weighted by molar-refractivity contribution is -0.303. The number of ether oxygens (including phenoxy) is 2. The molecule has 0 aliphatic rings. The van der Waals surface area contributed by atoms with E-state index in [0.717, 1.165) is 12.0 Å². The van der Waals surface area contributed by atoms with Gasteiger partial charge in [-0.3, -0.25) is 0 Å². The number of carboxylic acid groups (broad SMARTS) is 1. The van der Waals surface area contributed by atoms with Crippen LogP contribution >= 0.6 is 12.2 Å². The summed E-state index contributed by atoms with van der Waals surface area (Å²) in [5.74, 6) is 0.190. The second-order valence-electron chi connectivity index (χ2n) is 4.30. The molecule has 1 aromatic rings. The van der Waals surface area contributed by atoms with Crippen molar-refractivity contribution >= 4 is 23.2 Å². The summed E-state index contributed by atoms with van der Waals surface area (Å²) < 4.78 is 10.4. The van der Waals surface area contributed by atoms with Crippen LogP contribution in [0, 0.1) is 0 Å². The molecule has 0 aromatic heterocycles. The Kier molecular flexibility index (Phi) is 6.24. The van der Waals surface area contributed by atoms with Crippen molar-refractivity contribution in [3.8, 4) is 11.5 Å². The van der Waals surface area contributed by atoms with Crippen LogP contribution in [0.3, 0.4) is 0 Å². The monoisotopic (exact) mass is 296 g/mol. The van der Waals surface area contributed by atoms with Crippen molar-refractivity contribution < 1.29 is 19.4 Å². The van der Waals surface area contributed by atoms with Crippen molar-refractivity contribution in [3.63, 3.8) is 0 Å². The van der Waals surface area contributed by atoms with E-state index < -0.39 is 5.97 Å². The highest BCUT2D eigenvalue weighted by atomic mass is 32.1. The molecule has 0 fully saturated rings. The fourth-order valence-corrected chi connectivity index (χ4v) is 1.93. The molecule has 0 aliphatic heterocycles. The van der Waals surface area contributed by atoms with Gasteiger partial charge in [0, 0.05) is 26.0 Å². The number of carboxylic acids is 1. The van der Waals surface area contributed by atoms with Gasteiger partial charge in [-0.15, -0.1) is 0 Å². The van der Waals surface area contributed by atoms with Crippen LogP contribution in [-0.4, -0.2) is 43.7 Å². The maximum atomic E-state index is 10.5. The van der Waals surface area contributed by atoms with Crippen LogP contribution in [0.5, 0.6) is 11.5 Å². The van der Waals surface area contributed by atoms with Gasteiger partial charge in [-0.1, -0.05) is 18.3 Å². The van der Waals surface area contributed by atoms with E-state index in [1.54, 1.807) is 26.2 Å². The first kappa shape index (κ1) is 16.2. The quantitative estimate of drug-likeness (QED) is 0.688. The molecule has 1 rings (SSSR count). The van der Waals surface area contributed by atoms with Crippen molar-refractivity contribution in [2.24, 2.45) is 0 Å². The number of hydrogen-bond donors (Lipinski definition) is 0. The van der Waals surface area contributed by atoms with E-state index in [0.29, 0.717) is 23.0 Å². The van der Waals surface area contributed by atoms with Crippen LogP contribution < -0.4 is 14.6 Å². The number of nitrogens with zero attached hydrogens (tertiary/aromatic N) is 1. The van der Waals surface area contributed by atoms with Crippen LogP contribution in [0.15, 0.2) is 18.2 Å². The topological polar surface area (TPSA) is 61.8 Å². The zero-order chi connectivity index (χ0) is 15.1. The molecule has 0 radical (unpaired) electrons. The summed E-state index contributed by atoms with van der Waals surface area (Å²) in [4.78, 5) is 12.6. The molecule has 0 saturated heterocycles. The highest BCUT2D eigenvalue weighted by molar-refractivity contribution is 7.80. The predicted octanol–water partition coefficient (Wildman–Crippen LogP) is 0.645. The van der Waals surface area contributed by atoms with Gasteiger partial charge in [0.1, 0.15) is 0 Å². The van der Waals surface area contributed by atoms with Crippen LogP contribution in [0.2, 0.25) is 0 Å². The maximum absolute atomic E-state index is 10.5.